The fourth-order valence-corrected chi connectivity index (χ4v) is 1.98. The molecule has 0 saturated heterocycles. The zero-order valence-electron chi connectivity index (χ0n) is 11.9. The lowest BCUT2D eigenvalue weighted by Gasteiger charge is -2.25. The van der Waals surface area contributed by atoms with Crippen LogP contribution >= 0.6 is 0 Å². The highest BCUT2D eigenvalue weighted by Crippen LogP contribution is 2.22. The zero-order chi connectivity index (χ0) is 15.3. The first-order valence-corrected chi connectivity index (χ1v) is 6.39. The smallest absolute Gasteiger partial charge is 0.305 e. The predicted octanol–water partition coefficient (Wildman–Crippen LogP) is 1.38. The van der Waals surface area contributed by atoms with Gasteiger partial charge in [0, 0.05) is 24.5 Å². The molecule has 0 radical (unpaired) electrons. The Labute approximate surface area is 117 Å². The maximum Gasteiger partial charge on any atom is 0.305 e. The fraction of sp³-hybridized carbons (Fsp3) is 0.500. The number of carboxylic acid groups (broad SMARTS) is 1. The van der Waals surface area contributed by atoms with Crippen LogP contribution in [0.15, 0.2) is 23.3 Å². The summed E-state index contributed by atoms with van der Waals surface area (Å²) in [5.74, 6) is -1.54. The van der Waals surface area contributed by atoms with E-state index < -0.39 is 23.3 Å². The van der Waals surface area contributed by atoms with Crippen molar-refractivity contribution < 1.29 is 14.7 Å². The molecule has 0 aliphatic heterocycles. The molecule has 1 rings (SSSR count). The molecular formula is C14H20N2O4. The second-order valence-corrected chi connectivity index (χ2v) is 5.96. The van der Waals surface area contributed by atoms with Crippen LogP contribution in [0.1, 0.15) is 44.0 Å². The van der Waals surface area contributed by atoms with Gasteiger partial charge in [-0.15, -0.1) is 0 Å². The molecule has 6 heteroatoms. The van der Waals surface area contributed by atoms with E-state index in [4.69, 9.17) is 5.11 Å². The molecule has 1 aromatic rings. The average Bonchev–Trinajstić information content (AvgIpc) is 2.25. The zero-order valence-corrected chi connectivity index (χ0v) is 11.9. The second kappa shape index (κ2) is 6.36. The quantitative estimate of drug-likeness (QED) is 0.758. The Morgan fingerprint density at radius 2 is 2.05 bits per heavy atom. The van der Waals surface area contributed by atoms with Crippen LogP contribution in [-0.4, -0.2) is 28.0 Å². The summed E-state index contributed by atoms with van der Waals surface area (Å²) in [6, 6.07) is 0.741. The van der Waals surface area contributed by atoms with Gasteiger partial charge in [-0.1, -0.05) is 20.8 Å². The Bertz CT molecular complexity index is 543. The number of carboxylic acids is 1. The average molecular weight is 280 g/mol. The summed E-state index contributed by atoms with van der Waals surface area (Å²) in [7, 11) is 0. The summed E-state index contributed by atoms with van der Waals surface area (Å²) in [4.78, 5) is 37.1. The molecule has 110 valence electrons. The molecule has 0 bridgehead atoms. The summed E-state index contributed by atoms with van der Waals surface area (Å²) in [5, 5.41) is 11.5. The predicted molar refractivity (Wildman–Crippen MR) is 74.6 cm³/mol. The number of hydrogen-bond acceptors (Lipinski definition) is 3. The second-order valence-electron chi connectivity index (χ2n) is 5.96. The molecule has 20 heavy (non-hydrogen) atoms. The van der Waals surface area contributed by atoms with E-state index in [1.807, 2.05) is 20.8 Å². The van der Waals surface area contributed by atoms with Crippen LogP contribution in [0.4, 0.5) is 0 Å². The number of hydrogen-bond donors (Lipinski definition) is 3. The highest BCUT2D eigenvalue weighted by molar-refractivity contribution is 5.94. The van der Waals surface area contributed by atoms with Crippen molar-refractivity contribution in [3.05, 3.63) is 34.2 Å². The normalized spacial score (nSPS) is 12.8. The number of aliphatic carboxylic acids is 1. The number of carbonyl (C=O) groups is 2. The van der Waals surface area contributed by atoms with Crippen LogP contribution in [0, 0.1) is 5.41 Å². The molecule has 1 unspecified atom stereocenters. The third-order valence-electron chi connectivity index (χ3n) is 2.68. The van der Waals surface area contributed by atoms with Gasteiger partial charge in [-0.05, 0) is 11.8 Å². The number of carbonyl (C=O) groups excluding carboxylic acids is 1. The molecule has 6 nitrogen and oxygen atoms in total. The number of amides is 1. The van der Waals surface area contributed by atoms with Gasteiger partial charge in [-0.3, -0.25) is 14.4 Å². The van der Waals surface area contributed by atoms with E-state index in [0.717, 1.165) is 0 Å². The highest BCUT2D eigenvalue weighted by atomic mass is 16.4. The van der Waals surface area contributed by atoms with Crippen molar-refractivity contribution in [3.63, 3.8) is 0 Å². The van der Waals surface area contributed by atoms with E-state index in [2.05, 4.69) is 10.3 Å². The summed E-state index contributed by atoms with van der Waals surface area (Å²) < 4.78 is 0. The fourth-order valence-electron chi connectivity index (χ4n) is 1.98. The molecule has 1 amide bonds. The number of nitrogens with one attached hydrogen (secondary N) is 2. The molecule has 0 aromatic carbocycles. The largest absolute Gasteiger partial charge is 0.481 e. The van der Waals surface area contributed by atoms with Gasteiger partial charge in [0.25, 0.3) is 5.91 Å². The van der Waals surface area contributed by atoms with Crippen LogP contribution in [0.5, 0.6) is 0 Å². The minimum absolute atomic E-state index is 0.0169. The van der Waals surface area contributed by atoms with E-state index >= 15 is 0 Å². The van der Waals surface area contributed by atoms with Gasteiger partial charge in [0.2, 0.25) is 0 Å². The van der Waals surface area contributed by atoms with Crippen LogP contribution < -0.4 is 10.7 Å². The van der Waals surface area contributed by atoms with Crippen molar-refractivity contribution in [1.82, 2.24) is 10.3 Å². The number of rotatable bonds is 5. The topological polar surface area (TPSA) is 99.3 Å². The summed E-state index contributed by atoms with van der Waals surface area (Å²) in [5.41, 5.74) is -0.542. The van der Waals surface area contributed by atoms with E-state index in [-0.39, 0.29) is 17.4 Å². The monoisotopic (exact) mass is 280 g/mol. The van der Waals surface area contributed by atoms with E-state index in [0.29, 0.717) is 6.42 Å². The molecule has 1 heterocycles. The summed E-state index contributed by atoms with van der Waals surface area (Å²) in [6.45, 7) is 5.88. The number of aromatic nitrogens is 1. The van der Waals surface area contributed by atoms with Gasteiger partial charge in [0.05, 0.1) is 6.42 Å². The van der Waals surface area contributed by atoms with Gasteiger partial charge in [-0.25, -0.2) is 0 Å². The Morgan fingerprint density at radius 1 is 1.40 bits per heavy atom. The maximum atomic E-state index is 12.0. The Balaban J connectivity index is 2.84. The Morgan fingerprint density at radius 3 is 2.55 bits per heavy atom. The van der Waals surface area contributed by atoms with Crippen LogP contribution in [0.25, 0.3) is 0 Å². The number of H-pyrrole nitrogens is 1. The van der Waals surface area contributed by atoms with Gasteiger partial charge in [0.15, 0.2) is 5.43 Å². The van der Waals surface area contributed by atoms with Crippen molar-refractivity contribution in [2.75, 3.05) is 0 Å². The Kier molecular flexibility index (Phi) is 5.07. The molecule has 0 fully saturated rings. The lowest BCUT2D eigenvalue weighted by Crippen LogP contribution is -2.40. The number of pyridine rings is 1. The van der Waals surface area contributed by atoms with Crippen molar-refractivity contribution in [1.29, 1.82) is 0 Å². The minimum atomic E-state index is -0.985. The van der Waals surface area contributed by atoms with Crippen LogP contribution in [0.2, 0.25) is 0 Å². The first-order chi connectivity index (χ1) is 9.19. The number of aromatic amines is 1. The van der Waals surface area contributed by atoms with E-state index in [1.165, 1.54) is 18.5 Å². The SMILES string of the molecule is CC(C)(C)CC(CC(=O)O)NC(=O)c1c[nH]ccc1=O. The molecule has 1 aromatic heterocycles. The standard InChI is InChI=1S/C14H20N2O4/c1-14(2,3)7-9(6-12(18)19)16-13(20)10-8-15-5-4-11(10)17/h4-5,8-9H,6-7H2,1-3H3,(H,15,17)(H,16,20)(H,18,19). The minimum Gasteiger partial charge on any atom is -0.481 e. The molecule has 0 spiro atoms. The molecule has 0 aliphatic carbocycles. The van der Waals surface area contributed by atoms with Gasteiger partial charge in [0.1, 0.15) is 5.56 Å². The van der Waals surface area contributed by atoms with E-state index in [9.17, 15) is 14.4 Å². The first kappa shape index (κ1) is 15.9. The third kappa shape index (κ3) is 5.26. The van der Waals surface area contributed by atoms with Gasteiger partial charge < -0.3 is 15.4 Å². The molecule has 3 N–H and O–H groups in total. The lowest BCUT2D eigenvalue weighted by molar-refractivity contribution is -0.137. The van der Waals surface area contributed by atoms with Gasteiger partial charge >= 0.3 is 5.97 Å². The van der Waals surface area contributed by atoms with Gasteiger partial charge in [-0.2, -0.15) is 0 Å². The van der Waals surface area contributed by atoms with Crippen molar-refractivity contribution in [2.45, 2.75) is 39.7 Å². The van der Waals surface area contributed by atoms with E-state index in [1.54, 1.807) is 0 Å². The van der Waals surface area contributed by atoms with Crippen LogP contribution in [0.3, 0.4) is 0 Å². The molecule has 1 atom stereocenters. The summed E-state index contributed by atoms with van der Waals surface area (Å²) >= 11 is 0. The maximum absolute atomic E-state index is 12.0. The molecular weight excluding hydrogens is 260 g/mol. The molecule has 0 saturated carbocycles. The summed E-state index contributed by atoms with van der Waals surface area (Å²) in [6.07, 6.45) is 3.08. The third-order valence-corrected chi connectivity index (χ3v) is 2.68. The van der Waals surface area contributed by atoms with Crippen LogP contribution in [-0.2, 0) is 4.79 Å². The van der Waals surface area contributed by atoms with Crippen molar-refractivity contribution >= 4 is 11.9 Å². The lowest BCUT2D eigenvalue weighted by atomic mass is 9.87. The molecule has 0 aliphatic rings. The van der Waals surface area contributed by atoms with Crippen molar-refractivity contribution in [2.24, 2.45) is 5.41 Å². The van der Waals surface area contributed by atoms with Crippen molar-refractivity contribution in [3.8, 4) is 0 Å². The first-order valence-electron chi connectivity index (χ1n) is 6.39. The Hall–Kier alpha value is -2.11. The highest BCUT2D eigenvalue weighted by Gasteiger charge is 2.23.